The SMILES string of the molecule is O=C(NCCOC1CCNCC1)c1cccc(O)c1O. The fraction of sp³-hybridized carbons (Fsp3) is 0.500. The van der Waals surface area contributed by atoms with E-state index in [2.05, 4.69) is 10.6 Å². The van der Waals surface area contributed by atoms with Crippen molar-refractivity contribution < 1.29 is 19.7 Å². The number of phenolic OH excluding ortho intramolecular Hbond substituents is 2. The number of piperidine rings is 1. The summed E-state index contributed by atoms with van der Waals surface area (Å²) in [5, 5.41) is 24.8. The molecule has 1 aliphatic heterocycles. The molecule has 0 bridgehead atoms. The second kappa shape index (κ2) is 7.12. The Morgan fingerprint density at radius 1 is 1.35 bits per heavy atom. The van der Waals surface area contributed by atoms with Crippen LogP contribution in [0.25, 0.3) is 0 Å². The number of hydrogen-bond acceptors (Lipinski definition) is 5. The van der Waals surface area contributed by atoms with Gasteiger partial charge in [0, 0.05) is 6.54 Å². The van der Waals surface area contributed by atoms with Gasteiger partial charge in [0.05, 0.1) is 18.3 Å². The molecule has 1 aliphatic rings. The third-order valence-corrected chi connectivity index (χ3v) is 3.29. The summed E-state index contributed by atoms with van der Waals surface area (Å²) in [6.07, 6.45) is 2.23. The Balaban J connectivity index is 1.73. The molecule has 1 fully saturated rings. The van der Waals surface area contributed by atoms with Gasteiger partial charge in [-0.3, -0.25) is 4.79 Å². The second-order valence-corrected chi connectivity index (χ2v) is 4.75. The first-order valence-electron chi connectivity index (χ1n) is 6.80. The fourth-order valence-electron chi connectivity index (χ4n) is 2.16. The summed E-state index contributed by atoms with van der Waals surface area (Å²) >= 11 is 0. The zero-order valence-corrected chi connectivity index (χ0v) is 11.3. The quantitative estimate of drug-likeness (QED) is 0.468. The zero-order chi connectivity index (χ0) is 14.4. The average molecular weight is 280 g/mol. The molecule has 6 heteroatoms. The van der Waals surface area contributed by atoms with Crippen molar-refractivity contribution in [2.45, 2.75) is 18.9 Å². The van der Waals surface area contributed by atoms with Crippen molar-refractivity contribution in [1.82, 2.24) is 10.6 Å². The number of carbonyl (C=O) groups excluding carboxylic acids is 1. The van der Waals surface area contributed by atoms with E-state index in [0.29, 0.717) is 13.2 Å². The van der Waals surface area contributed by atoms with Gasteiger partial charge in [0.1, 0.15) is 0 Å². The summed E-state index contributed by atoms with van der Waals surface area (Å²) in [6, 6.07) is 4.29. The number of benzene rings is 1. The third kappa shape index (κ3) is 3.85. The molecule has 0 atom stereocenters. The summed E-state index contributed by atoms with van der Waals surface area (Å²) < 4.78 is 5.66. The van der Waals surface area contributed by atoms with Crippen LogP contribution >= 0.6 is 0 Å². The van der Waals surface area contributed by atoms with Gasteiger partial charge in [0.15, 0.2) is 11.5 Å². The minimum atomic E-state index is -0.424. The summed E-state index contributed by atoms with van der Waals surface area (Å²) in [5.41, 5.74) is 0.0619. The predicted octanol–water partition coefficient (Wildman–Crippen LogP) is 0.596. The van der Waals surface area contributed by atoms with Crippen LogP contribution in [0, 0.1) is 0 Å². The summed E-state index contributed by atoms with van der Waals surface area (Å²) in [7, 11) is 0. The molecule has 0 unspecified atom stereocenters. The van der Waals surface area contributed by atoms with Crippen LogP contribution in [0.4, 0.5) is 0 Å². The van der Waals surface area contributed by atoms with Crippen molar-refractivity contribution in [3.05, 3.63) is 23.8 Å². The van der Waals surface area contributed by atoms with Gasteiger partial charge >= 0.3 is 0 Å². The van der Waals surface area contributed by atoms with E-state index in [-0.39, 0.29) is 17.4 Å². The normalized spacial score (nSPS) is 16.0. The fourth-order valence-corrected chi connectivity index (χ4v) is 2.16. The van der Waals surface area contributed by atoms with Gasteiger partial charge in [-0.05, 0) is 38.1 Å². The Bertz CT molecular complexity index is 458. The van der Waals surface area contributed by atoms with E-state index in [1.807, 2.05) is 0 Å². The Kier molecular flexibility index (Phi) is 5.20. The molecular weight excluding hydrogens is 260 g/mol. The van der Waals surface area contributed by atoms with Crippen LogP contribution in [-0.4, -0.2) is 48.5 Å². The van der Waals surface area contributed by atoms with E-state index in [1.54, 1.807) is 0 Å². The first-order valence-corrected chi connectivity index (χ1v) is 6.80. The molecule has 1 saturated heterocycles. The number of para-hydroxylation sites is 1. The molecule has 1 aromatic rings. The van der Waals surface area contributed by atoms with E-state index in [1.165, 1.54) is 18.2 Å². The lowest BCUT2D eigenvalue weighted by molar-refractivity contribution is 0.0343. The number of hydrogen-bond donors (Lipinski definition) is 4. The molecule has 0 aromatic heterocycles. The minimum absolute atomic E-state index is 0.0619. The molecule has 1 amide bonds. The Morgan fingerprint density at radius 3 is 2.85 bits per heavy atom. The highest BCUT2D eigenvalue weighted by Crippen LogP contribution is 2.27. The van der Waals surface area contributed by atoms with Crippen LogP contribution in [0.15, 0.2) is 18.2 Å². The molecule has 0 radical (unpaired) electrons. The monoisotopic (exact) mass is 280 g/mol. The van der Waals surface area contributed by atoms with Crippen molar-refractivity contribution in [3.63, 3.8) is 0 Å². The van der Waals surface area contributed by atoms with Gasteiger partial charge in [-0.15, -0.1) is 0 Å². The van der Waals surface area contributed by atoms with Gasteiger partial charge in [-0.1, -0.05) is 6.07 Å². The van der Waals surface area contributed by atoms with Gasteiger partial charge in [-0.25, -0.2) is 0 Å². The molecule has 20 heavy (non-hydrogen) atoms. The standard InChI is InChI=1S/C14H20N2O4/c17-12-3-1-2-11(13(12)18)14(19)16-8-9-20-10-4-6-15-7-5-10/h1-3,10,15,17-18H,4-9H2,(H,16,19). The number of rotatable bonds is 5. The Labute approximate surface area is 117 Å². The molecule has 1 aromatic carbocycles. The lowest BCUT2D eigenvalue weighted by Crippen LogP contribution is -2.34. The van der Waals surface area contributed by atoms with Crippen molar-refractivity contribution >= 4 is 5.91 Å². The van der Waals surface area contributed by atoms with Crippen LogP contribution in [0.5, 0.6) is 11.5 Å². The average Bonchev–Trinajstić information content (AvgIpc) is 2.47. The van der Waals surface area contributed by atoms with E-state index < -0.39 is 11.7 Å². The van der Waals surface area contributed by atoms with Crippen molar-refractivity contribution in [1.29, 1.82) is 0 Å². The first-order chi connectivity index (χ1) is 9.68. The number of ether oxygens (including phenoxy) is 1. The van der Waals surface area contributed by atoms with Gasteiger partial charge in [0.25, 0.3) is 5.91 Å². The zero-order valence-electron chi connectivity index (χ0n) is 11.3. The number of aromatic hydroxyl groups is 2. The molecule has 4 N–H and O–H groups in total. The Morgan fingerprint density at radius 2 is 2.10 bits per heavy atom. The minimum Gasteiger partial charge on any atom is -0.504 e. The molecule has 0 saturated carbocycles. The highest BCUT2D eigenvalue weighted by molar-refractivity contribution is 5.97. The molecule has 2 rings (SSSR count). The van der Waals surface area contributed by atoms with Crippen LogP contribution < -0.4 is 10.6 Å². The van der Waals surface area contributed by atoms with Crippen LogP contribution in [0.1, 0.15) is 23.2 Å². The van der Waals surface area contributed by atoms with Crippen LogP contribution in [-0.2, 0) is 4.74 Å². The maximum Gasteiger partial charge on any atom is 0.255 e. The van der Waals surface area contributed by atoms with Gasteiger partial charge in [0.2, 0.25) is 0 Å². The largest absolute Gasteiger partial charge is 0.504 e. The highest BCUT2D eigenvalue weighted by atomic mass is 16.5. The smallest absolute Gasteiger partial charge is 0.255 e. The first kappa shape index (κ1) is 14.6. The van der Waals surface area contributed by atoms with E-state index >= 15 is 0 Å². The summed E-state index contributed by atoms with van der Waals surface area (Å²) in [6.45, 7) is 2.75. The van der Waals surface area contributed by atoms with E-state index in [4.69, 9.17) is 4.74 Å². The van der Waals surface area contributed by atoms with Crippen molar-refractivity contribution in [2.75, 3.05) is 26.2 Å². The molecule has 0 aliphatic carbocycles. The molecule has 6 nitrogen and oxygen atoms in total. The van der Waals surface area contributed by atoms with Gasteiger partial charge in [-0.2, -0.15) is 0 Å². The lowest BCUT2D eigenvalue weighted by Gasteiger charge is -2.22. The van der Waals surface area contributed by atoms with E-state index in [0.717, 1.165) is 25.9 Å². The number of amides is 1. The summed E-state index contributed by atoms with van der Waals surface area (Å²) in [4.78, 5) is 11.8. The third-order valence-electron chi connectivity index (χ3n) is 3.29. The number of carbonyl (C=O) groups is 1. The Hall–Kier alpha value is -1.79. The predicted molar refractivity (Wildman–Crippen MR) is 73.9 cm³/mol. The maximum atomic E-state index is 11.8. The van der Waals surface area contributed by atoms with Crippen LogP contribution in [0.3, 0.4) is 0 Å². The van der Waals surface area contributed by atoms with Crippen LogP contribution in [0.2, 0.25) is 0 Å². The maximum absolute atomic E-state index is 11.8. The lowest BCUT2D eigenvalue weighted by atomic mass is 10.1. The molecule has 1 heterocycles. The van der Waals surface area contributed by atoms with Crippen molar-refractivity contribution in [3.8, 4) is 11.5 Å². The van der Waals surface area contributed by atoms with Crippen molar-refractivity contribution in [2.24, 2.45) is 0 Å². The van der Waals surface area contributed by atoms with Gasteiger partial charge < -0.3 is 25.6 Å². The molecule has 0 spiro atoms. The summed E-state index contributed by atoms with van der Waals surface area (Å²) in [5.74, 6) is -1.12. The molecule has 110 valence electrons. The number of phenols is 2. The number of nitrogens with one attached hydrogen (secondary N) is 2. The topological polar surface area (TPSA) is 90.8 Å². The van der Waals surface area contributed by atoms with E-state index in [9.17, 15) is 15.0 Å². The molecular formula is C14H20N2O4. The highest BCUT2D eigenvalue weighted by Gasteiger charge is 2.15. The second-order valence-electron chi connectivity index (χ2n) is 4.75.